The van der Waals surface area contributed by atoms with Crippen LogP contribution in [0.5, 0.6) is 0 Å². The van der Waals surface area contributed by atoms with Gasteiger partial charge in [0.15, 0.2) is 5.65 Å². The maximum absolute atomic E-state index is 14.2. The molecule has 0 radical (unpaired) electrons. The van der Waals surface area contributed by atoms with Gasteiger partial charge in [0.05, 0.1) is 40.1 Å². The van der Waals surface area contributed by atoms with E-state index in [-0.39, 0.29) is 16.5 Å². The topological polar surface area (TPSA) is 117 Å². The molecule has 1 amide bonds. The van der Waals surface area contributed by atoms with E-state index in [0.717, 1.165) is 6.07 Å². The molecule has 0 saturated heterocycles. The van der Waals surface area contributed by atoms with Crippen molar-refractivity contribution in [3.05, 3.63) is 47.0 Å². The highest BCUT2D eigenvalue weighted by molar-refractivity contribution is 7.92. The predicted molar refractivity (Wildman–Crippen MR) is 101 cm³/mol. The molecule has 0 fully saturated rings. The molecule has 0 unspecified atom stereocenters. The Labute approximate surface area is 159 Å². The second kappa shape index (κ2) is 7.49. The van der Waals surface area contributed by atoms with Gasteiger partial charge in [-0.3, -0.25) is 14.6 Å². The number of halogens is 2. The zero-order chi connectivity index (χ0) is 19.6. The lowest BCUT2D eigenvalue weighted by Gasteiger charge is -2.13. The van der Waals surface area contributed by atoms with Crippen LogP contribution in [0.4, 0.5) is 15.8 Å². The van der Waals surface area contributed by atoms with Crippen molar-refractivity contribution in [2.45, 2.75) is 13.3 Å². The van der Waals surface area contributed by atoms with Crippen molar-refractivity contribution in [2.24, 2.45) is 0 Å². The first-order valence-corrected chi connectivity index (χ1v) is 9.92. The molecule has 0 aliphatic heterocycles. The lowest BCUT2D eigenvalue weighted by molar-refractivity contribution is 0.102. The van der Waals surface area contributed by atoms with Crippen molar-refractivity contribution < 1.29 is 17.6 Å². The second-order valence-corrected chi connectivity index (χ2v) is 7.91. The number of sulfonamides is 1. The molecule has 3 aromatic rings. The summed E-state index contributed by atoms with van der Waals surface area (Å²) in [5, 5.41) is 9.31. The summed E-state index contributed by atoms with van der Waals surface area (Å²) in [7, 11) is -3.65. The van der Waals surface area contributed by atoms with Crippen LogP contribution in [-0.2, 0) is 10.0 Å². The van der Waals surface area contributed by atoms with Gasteiger partial charge in [0, 0.05) is 5.39 Å². The van der Waals surface area contributed by atoms with Crippen LogP contribution < -0.4 is 10.0 Å². The number of anilines is 2. The number of hydrogen-bond donors (Lipinski definition) is 3. The van der Waals surface area contributed by atoms with Crippen LogP contribution in [0.15, 0.2) is 30.6 Å². The van der Waals surface area contributed by atoms with Gasteiger partial charge >= 0.3 is 0 Å². The first-order valence-electron chi connectivity index (χ1n) is 7.89. The molecule has 3 rings (SSSR count). The van der Waals surface area contributed by atoms with Gasteiger partial charge in [-0.25, -0.2) is 17.8 Å². The Balaban J connectivity index is 1.90. The number of hydrogen-bond acceptors (Lipinski definition) is 5. The molecule has 0 saturated carbocycles. The van der Waals surface area contributed by atoms with Crippen molar-refractivity contribution in [1.29, 1.82) is 0 Å². The van der Waals surface area contributed by atoms with Gasteiger partial charge in [-0.05, 0) is 24.6 Å². The zero-order valence-electron chi connectivity index (χ0n) is 14.1. The number of H-pyrrole nitrogens is 1. The first kappa shape index (κ1) is 19.1. The molecule has 8 nitrogen and oxygen atoms in total. The van der Waals surface area contributed by atoms with Gasteiger partial charge in [-0.15, -0.1) is 0 Å². The van der Waals surface area contributed by atoms with E-state index in [2.05, 4.69) is 25.2 Å². The Morgan fingerprint density at radius 1 is 1.33 bits per heavy atom. The summed E-state index contributed by atoms with van der Waals surface area (Å²) >= 11 is 6.10. The van der Waals surface area contributed by atoms with E-state index >= 15 is 0 Å². The summed E-state index contributed by atoms with van der Waals surface area (Å²) < 4.78 is 40.3. The maximum atomic E-state index is 14.2. The van der Waals surface area contributed by atoms with Crippen molar-refractivity contribution >= 4 is 49.9 Å². The first-order chi connectivity index (χ1) is 12.8. The number of nitrogens with zero attached hydrogens (tertiary/aromatic N) is 2. The van der Waals surface area contributed by atoms with E-state index in [4.69, 9.17) is 11.6 Å². The number of carbonyl (C=O) groups excluding carboxylic acids is 1. The van der Waals surface area contributed by atoms with Crippen LogP contribution in [0.25, 0.3) is 11.0 Å². The Morgan fingerprint density at radius 2 is 2.11 bits per heavy atom. The Bertz CT molecular complexity index is 1120. The fraction of sp³-hybridized carbons (Fsp3) is 0.188. The van der Waals surface area contributed by atoms with E-state index in [1.807, 2.05) is 0 Å². The molecule has 0 aliphatic rings. The zero-order valence-corrected chi connectivity index (χ0v) is 15.7. The summed E-state index contributed by atoms with van der Waals surface area (Å²) in [4.78, 5) is 16.6. The normalized spacial score (nSPS) is 11.5. The van der Waals surface area contributed by atoms with Gasteiger partial charge in [-0.1, -0.05) is 18.5 Å². The van der Waals surface area contributed by atoms with E-state index in [1.54, 1.807) is 13.0 Å². The minimum atomic E-state index is -3.65. The average molecular weight is 412 g/mol. The van der Waals surface area contributed by atoms with Gasteiger partial charge in [0.2, 0.25) is 10.0 Å². The van der Waals surface area contributed by atoms with Crippen LogP contribution in [0.2, 0.25) is 5.02 Å². The number of benzene rings is 1. The maximum Gasteiger partial charge on any atom is 0.260 e. The molecule has 0 atom stereocenters. The molecule has 142 valence electrons. The molecule has 1 aromatic carbocycles. The number of aromatic amines is 1. The standard InChI is InChI=1S/C16H15ClFN5O3S/c1-2-5-27(25,26)23-12-4-3-11(18)13(14(12)17)16(24)21-10-6-9-7-20-22-15(9)19-8-10/h3-4,6-8,23H,2,5H2,1H3,(H,21,24)(H,19,20,22). The minimum Gasteiger partial charge on any atom is -0.320 e. The van der Waals surface area contributed by atoms with E-state index in [1.165, 1.54) is 18.5 Å². The predicted octanol–water partition coefficient (Wildman–Crippen LogP) is 3.15. The minimum absolute atomic E-state index is 0.0694. The third-order valence-corrected chi connectivity index (χ3v) is 5.47. The fourth-order valence-electron chi connectivity index (χ4n) is 2.43. The number of amides is 1. The highest BCUT2D eigenvalue weighted by atomic mass is 35.5. The molecule has 2 aromatic heterocycles. The summed E-state index contributed by atoms with van der Waals surface area (Å²) in [6, 6.07) is 3.74. The highest BCUT2D eigenvalue weighted by Gasteiger charge is 2.21. The van der Waals surface area contributed by atoms with Crippen LogP contribution in [0.1, 0.15) is 23.7 Å². The van der Waals surface area contributed by atoms with Crippen LogP contribution in [-0.4, -0.2) is 35.3 Å². The molecule has 27 heavy (non-hydrogen) atoms. The van der Waals surface area contributed by atoms with E-state index < -0.39 is 27.3 Å². The number of carbonyl (C=O) groups is 1. The summed E-state index contributed by atoms with van der Waals surface area (Å²) in [6.07, 6.45) is 3.29. The smallest absolute Gasteiger partial charge is 0.260 e. The summed E-state index contributed by atoms with van der Waals surface area (Å²) in [6.45, 7) is 1.70. The van der Waals surface area contributed by atoms with Crippen molar-refractivity contribution in [1.82, 2.24) is 15.2 Å². The number of rotatable bonds is 6. The van der Waals surface area contributed by atoms with Crippen LogP contribution in [0, 0.1) is 5.82 Å². The molecular formula is C16H15ClFN5O3S. The van der Waals surface area contributed by atoms with Gasteiger partial charge in [0.25, 0.3) is 5.91 Å². The molecule has 3 N–H and O–H groups in total. The quantitative estimate of drug-likeness (QED) is 0.576. The number of pyridine rings is 1. The SMILES string of the molecule is CCCS(=O)(=O)Nc1ccc(F)c(C(=O)Nc2cnc3[nH]ncc3c2)c1Cl. The largest absolute Gasteiger partial charge is 0.320 e. The summed E-state index contributed by atoms with van der Waals surface area (Å²) in [5.74, 6) is -1.84. The van der Waals surface area contributed by atoms with Crippen LogP contribution in [0.3, 0.4) is 0 Å². The molecule has 11 heteroatoms. The van der Waals surface area contributed by atoms with Crippen molar-refractivity contribution in [3.63, 3.8) is 0 Å². The molecule has 2 heterocycles. The van der Waals surface area contributed by atoms with E-state index in [0.29, 0.717) is 23.1 Å². The average Bonchev–Trinajstić information content (AvgIpc) is 3.05. The number of nitrogens with one attached hydrogen (secondary N) is 3. The number of fused-ring (bicyclic) bond motifs is 1. The van der Waals surface area contributed by atoms with Crippen molar-refractivity contribution in [2.75, 3.05) is 15.8 Å². The lowest BCUT2D eigenvalue weighted by atomic mass is 10.1. The molecule has 0 bridgehead atoms. The summed E-state index contributed by atoms with van der Waals surface area (Å²) in [5.41, 5.74) is 0.298. The molecular weight excluding hydrogens is 397 g/mol. The van der Waals surface area contributed by atoms with Crippen molar-refractivity contribution in [3.8, 4) is 0 Å². The molecule has 0 spiro atoms. The second-order valence-electron chi connectivity index (χ2n) is 5.69. The van der Waals surface area contributed by atoms with Gasteiger partial charge in [-0.2, -0.15) is 5.10 Å². The van der Waals surface area contributed by atoms with Crippen LogP contribution >= 0.6 is 11.6 Å². The Kier molecular flexibility index (Phi) is 5.29. The van der Waals surface area contributed by atoms with E-state index in [9.17, 15) is 17.6 Å². The Hall–Kier alpha value is -2.72. The fourth-order valence-corrected chi connectivity index (χ4v) is 3.91. The monoisotopic (exact) mass is 411 g/mol. The number of aromatic nitrogens is 3. The third kappa shape index (κ3) is 4.17. The van der Waals surface area contributed by atoms with Gasteiger partial charge in [0.1, 0.15) is 5.82 Å². The molecule has 0 aliphatic carbocycles. The van der Waals surface area contributed by atoms with Gasteiger partial charge < -0.3 is 5.32 Å². The lowest BCUT2D eigenvalue weighted by Crippen LogP contribution is -2.19. The highest BCUT2D eigenvalue weighted by Crippen LogP contribution is 2.30. The Morgan fingerprint density at radius 3 is 2.85 bits per heavy atom. The third-order valence-electron chi connectivity index (χ3n) is 3.61.